The molecule has 0 spiro atoms. The van der Waals surface area contributed by atoms with Crippen molar-refractivity contribution in [1.82, 2.24) is 4.98 Å². The average Bonchev–Trinajstić information content (AvgIpc) is 3.55. The van der Waals surface area contributed by atoms with Crippen molar-refractivity contribution in [2.24, 2.45) is 5.41 Å². The van der Waals surface area contributed by atoms with Gasteiger partial charge in [0.1, 0.15) is 17.4 Å². The summed E-state index contributed by atoms with van der Waals surface area (Å²) in [6.45, 7) is 8.31. The van der Waals surface area contributed by atoms with E-state index in [1.54, 1.807) is 6.07 Å². The van der Waals surface area contributed by atoms with Gasteiger partial charge in [-0.3, -0.25) is 0 Å². The molecule has 7 heteroatoms. The zero-order valence-corrected chi connectivity index (χ0v) is 19.1. The van der Waals surface area contributed by atoms with Gasteiger partial charge in [-0.2, -0.15) is 0 Å². The van der Waals surface area contributed by atoms with Crippen LogP contribution in [0.2, 0.25) is 5.02 Å². The number of hydrogen-bond donors (Lipinski definition) is 0. The van der Waals surface area contributed by atoms with Crippen LogP contribution in [-0.4, -0.2) is 37.8 Å². The smallest absolute Gasteiger partial charge is 0.340 e. The number of carbonyl (C=O) groups excluding carboxylic acids is 1. The fourth-order valence-electron chi connectivity index (χ4n) is 4.04. The van der Waals surface area contributed by atoms with Crippen LogP contribution in [0.25, 0.3) is 0 Å². The van der Waals surface area contributed by atoms with E-state index in [1.807, 2.05) is 12.3 Å². The van der Waals surface area contributed by atoms with Gasteiger partial charge in [-0.1, -0.05) is 32.4 Å². The number of carbonyl (C=O) groups is 1. The minimum Gasteiger partial charge on any atom is -0.492 e. The van der Waals surface area contributed by atoms with Crippen LogP contribution in [0.15, 0.2) is 24.4 Å². The molecule has 1 aliphatic heterocycles. The lowest BCUT2D eigenvalue weighted by Gasteiger charge is -2.48. The van der Waals surface area contributed by atoms with Crippen LogP contribution in [0.1, 0.15) is 66.9 Å². The van der Waals surface area contributed by atoms with Crippen molar-refractivity contribution in [2.75, 3.05) is 31.7 Å². The van der Waals surface area contributed by atoms with Crippen molar-refractivity contribution in [3.63, 3.8) is 0 Å². The molecule has 2 aliphatic rings. The summed E-state index contributed by atoms with van der Waals surface area (Å²) in [6, 6.07) is 4.89. The molecule has 2 fully saturated rings. The molecule has 0 amide bonds. The van der Waals surface area contributed by atoms with Crippen molar-refractivity contribution in [3.05, 3.63) is 51.9 Å². The normalized spacial score (nSPS) is 17.5. The Hall–Kier alpha value is -2.34. The summed E-state index contributed by atoms with van der Waals surface area (Å²) >= 11 is 6.46. The molecule has 1 saturated carbocycles. The maximum absolute atomic E-state index is 14.5. The van der Waals surface area contributed by atoms with Gasteiger partial charge in [-0.15, -0.1) is 0 Å². The number of benzene rings is 1. The fraction of sp³-hybridized carbons (Fsp3) is 0.500. The summed E-state index contributed by atoms with van der Waals surface area (Å²) < 4.78 is 25.3. The van der Waals surface area contributed by atoms with Gasteiger partial charge in [-0.05, 0) is 47.9 Å². The molecule has 0 unspecified atom stereocenters. The number of rotatable bonds is 7. The van der Waals surface area contributed by atoms with E-state index >= 15 is 0 Å². The Morgan fingerprint density at radius 3 is 2.61 bits per heavy atom. The zero-order valence-electron chi connectivity index (χ0n) is 18.4. The van der Waals surface area contributed by atoms with Gasteiger partial charge in [0.15, 0.2) is 0 Å². The van der Waals surface area contributed by atoms with Gasteiger partial charge < -0.3 is 14.4 Å². The quantitative estimate of drug-likeness (QED) is 0.520. The van der Waals surface area contributed by atoms with Crippen LogP contribution in [0.5, 0.6) is 5.75 Å². The molecule has 0 atom stereocenters. The summed E-state index contributed by atoms with van der Waals surface area (Å²) in [4.78, 5) is 18.5. The van der Waals surface area contributed by atoms with Crippen LogP contribution in [0, 0.1) is 11.2 Å². The number of halogens is 2. The Morgan fingerprint density at radius 2 is 2.03 bits per heavy atom. The Kier molecular flexibility index (Phi) is 5.86. The lowest BCUT2D eigenvalue weighted by atomic mass is 9.83. The molecule has 166 valence electrons. The molecule has 2 aromatic rings. The average molecular weight is 447 g/mol. The van der Waals surface area contributed by atoms with Crippen molar-refractivity contribution in [1.29, 1.82) is 0 Å². The van der Waals surface area contributed by atoms with Crippen LogP contribution in [-0.2, 0) is 4.74 Å². The summed E-state index contributed by atoms with van der Waals surface area (Å²) in [5.74, 6) is 0.710. The second-order valence-electron chi connectivity index (χ2n) is 9.32. The van der Waals surface area contributed by atoms with E-state index in [9.17, 15) is 9.18 Å². The first-order valence-electron chi connectivity index (χ1n) is 10.7. The predicted molar refractivity (Wildman–Crippen MR) is 119 cm³/mol. The van der Waals surface area contributed by atoms with Gasteiger partial charge in [-0.25, -0.2) is 14.2 Å². The van der Waals surface area contributed by atoms with Gasteiger partial charge in [0, 0.05) is 30.8 Å². The highest BCUT2D eigenvalue weighted by Crippen LogP contribution is 2.46. The molecule has 1 saturated heterocycles. The first kappa shape index (κ1) is 21.9. The van der Waals surface area contributed by atoms with E-state index in [0.29, 0.717) is 29.2 Å². The van der Waals surface area contributed by atoms with E-state index in [4.69, 9.17) is 21.1 Å². The first-order chi connectivity index (χ1) is 14.7. The SMILES string of the molecule is COC(=O)c1cc(C2CC2)c(OCC2(C)CN(c3ncc(C(C)C)cc3Cl)C2)cc1F. The molecule has 1 aromatic heterocycles. The van der Waals surface area contributed by atoms with Crippen LogP contribution < -0.4 is 9.64 Å². The minimum atomic E-state index is -0.666. The standard InChI is InChI=1S/C24H28ClFN2O3/c1-14(2)16-7-19(25)22(27-10-16)28-11-24(3,12-28)13-31-21-9-20(26)18(23(29)30-4)8-17(21)15-5-6-15/h7-10,14-15H,5-6,11-13H2,1-4H3. The van der Waals surface area contributed by atoms with Gasteiger partial charge in [0.2, 0.25) is 0 Å². The van der Waals surface area contributed by atoms with Crippen molar-refractivity contribution in [2.45, 2.75) is 45.4 Å². The largest absolute Gasteiger partial charge is 0.492 e. The number of ether oxygens (including phenoxy) is 2. The number of nitrogens with zero attached hydrogens (tertiary/aromatic N) is 2. The molecule has 31 heavy (non-hydrogen) atoms. The molecule has 0 radical (unpaired) electrons. The number of anilines is 1. The molecule has 0 bridgehead atoms. The van der Waals surface area contributed by atoms with Crippen LogP contribution >= 0.6 is 11.6 Å². The number of esters is 1. The van der Waals surface area contributed by atoms with Gasteiger partial charge in [0.05, 0.1) is 24.3 Å². The summed E-state index contributed by atoms with van der Waals surface area (Å²) in [6.07, 6.45) is 3.92. The third kappa shape index (κ3) is 4.49. The molecule has 2 heterocycles. The molecular weight excluding hydrogens is 419 g/mol. The molecule has 1 aliphatic carbocycles. The fourth-order valence-corrected chi connectivity index (χ4v) is 4.33. The minimum absolute atomic E-state index is 0.0386. The van der Waals surface area contributed by atoms with Crippen molar-refractivity contribution >= 4 is 23.4 Å². The van der Waals surface area contributed by atoms with E-state index in [0.717, 1.165) is 42.9 Å². The Bertz CT molecular complexity index is 1000. The van der Waals surface area contributed by atoms with Crippen molar-refractivity contribution < 1.29 is 18.7 Å². The van der Waals surface area contributed by atoms with E-state index in [1.165, 1.54) is 13.2 Å². The Morgan fingerprint density at radius 1 is 1.32 bits per heavy atom. The predicted octanol–water partition coefficient (Wildman–Crippen LogP) is 5.57. The van der Waals surface area contributed by atoms with Crippen molar-refractivity contribution in [3.8, 4) is 5.75 Å². The molecule has 4 rings (SSSR count). The molecule has 5 nitrogen and oxygen atoms in total. The lowest BCUT2D eigenvalue weighted by Crippen LogP contribution is -2.58. The maximum atomic E-state index is 14.5. The summed E-state index contributed by atoms with van der Waals surface area (Å²) in [5, 5.41) is 0.658. The highest BCUT2D eigenvalue weighted by molar-refractivity contribution is 6.33. The Labute approximate surface area is 187 Å². The van der Waals surface area contributed by atoms with Crippen LogP contribution in [0.3, 0.4) is 0 Å². The number of hydrogen-bond acceptors (Lipinski definition) is 5. The molecule has 1 aromatic carbocycles. The van der Waals surface area contributed by atoms with Gasteiger partial charge in [0.25, 0.3) is 0 Å². The first-order valence-corrected chi connectivity index (χ1v) is 11.0. The third-order valence-corrected chi connectivity index (χ3v) is 6.33. The van der Waals surface area contributed by atoms with E-state index < -0.39 is 11.8 Å². The van der Waals surface area contributed by atoms with E-state index in [2.05, 4.69) is 30.7 Å². The number of pyridine rings is 1. The second kappa shape index (κ2) is 8.30. The third-order valence-electron chi connectivity index (χ3n) is 6.05. The highest BCUT2D eigenvalue weighted by atomic mass is 35.5. The monoisotopic (exact) mass is 446 g/mol. The van der Waals surface area contributed by atoms with Gasteiger partial charge >= 0.3 is 5.97 Å². The Balaban J connectivity index is 1.44. The molecular formula is C24H28ClFN2O3. The highest BCUT2D eigenvalue weighted by Gasteiger charge is 2.41. The van der Waals surface area contributed by atoms with E-state index in [-0.39, 0.29) is 11.0 Å². The number of methoxy groups -OCH3 is 1. The summed E-state index contributed by atoms with van der Waals surface area (Å²) in [5.41, 5.74) is 1.87. The maximum Gasteiger partial charge on any atom is 0.340 e. The summed E-state index contributed by atoms with van der Waals surface area (Å²) in [7, 11) is 1.25. The second-order valence-corrected chi connectivity index (χ2v) is 9.73. The number of aromatic nitrogens is 1. The lowest BCUT2D eigenvalue weighted by molar-refractivity contribution is 0.0595. The van der Waals surface area contributed by atoms with Crippen LogP contribution in [0.4, 0.5) is 10.2 Å². The zero-order chi connectivity index (χ0) is 22.3. The molecule has 0 N–H and O–H groups in total. The topological polar surface area (TPSA) is 51.7 Å².